The standard InChI is InChI=1S/C20H24N2O2/c1-22(15-18-11-7-13-24-18)20(23)21-19-12-6-5-10-17(19)14-16-8-3-2-4-9-16/h2-6,8-10,12,18H,7,11,13-15H2,1H3,(H,21,23). The molecule has 1 aliphatic rings. The molecule has 1 unspecified atom stereocenters. The number of anilines is 1. The summed E-state index contributed by atoms with van der Waals surface area (Å²) in [5, 5.41) is 3.04. The number of benzene rings is 2. The molecule has 24 heavy (non-hydrogen) atoms. The van der Waals surface area contributed by atoms with E-state index in [4.69, 9.17) is 4.74 Å². The molecule has 2 aromatic rings. The molecule has 1 aliphatic heterocycles. The van der Waals surface area contributed by atoms with E-state index in [1.165, 1.54) is 5.56 Å². The summed E-state index contributed by atoms with van der Waals surface area (Å²) in [7, 11) is 1.82. The topological polar surface area (TPSA) is 41.6 Å². The van der Waals surface area contributed by atoms with Crippen molar-refractivity contribution in [3.8, 4) is 0 Å². The van der Waals surface area contributed by atoms with Gasteiger partial charge in [0.1, 0.15) is 0 Å². The van der Waals surface area contributed by atoms with Crippen molar-refractivity contribution in [3.05, 3.63) is 65.7 Å². The van der Waals surface area contributed by atoms with E-state index in [9.17, 15) is 4.79 Å². The predicted octanol–water partition coefficient (Wildman–Crippen LogP) is 3.92. The normalized spacial score (nSPS) is 16.8. The van der Waals surface area contributed by atoms with Gasteiger partial charge in [-0.05, 0) is 36.5 Å². The summed E-state index contributed by atoms with van der Waals surface area (Å²) in [5.74, 6) is 0. The fourth-order valence-corrected chi connectivity index (χ4v) is 3.00. The van der Waals surface area contributed by atoms with Gasteiger partial charge in [0, 0.05) is 25.9 Å². The van der Waals surface area contributed by atoms with Gasteiger partial charge in [-0.25, -0.2) is 4.79 Å². The second-order valence-electron chi connectivity index (χ2n) is 6.27. The van der Waals surface area contributed by atoms with Crippen LogP contribution >= 0.6 is 0 Å². The third-order valence-electron chi connectivity index (χ3n) is 4.34. The Labute approximate surface area is 143 Å². The molecule has 1 fully saturated rings. The molecule has 0 spiro atoms. The lowest BCUT2D eigenvalue weighted by Gasteiger charge is -2.22. The van der Waals surface area contributed by atoms with Crippen molar-refractivity contribution in [2.45, 2.75) is 25.4 Å². The second-order valence-corrected chi connectivity index (χ2v) is 6.27. The molecule has 1 atom stereocenters. The molecule has 0 bridgehead atoms. The Morgan fingerprint density at radius 1 is 1.17 bits per heavy atom. The fraction of sp³-hybridized carbons (Fsp3) is 0.350. The van der Waals surface area contributed by atoms with Crippen molar-refractivity contribution < 1.29 is 9.53 Å². The molecule has 126 valence electrons. The quantitative estimate of drug-likeness (QED) is 0.905. The number of carbonyl (C=O) groups is 1. The molecule has 0 radical (unpaired) electrons. The molecular formula is C20H24N2O2. The molecule has 4 nitrogen and oxygen atoms in total. The van der Waals surface area contributed by atoms with Crippen molar-refractivity contribution in [2.24, 2.45) is 0 Å². The van der Waals surface area contributed by atoms with Crippen LogP contribution in [0, 0.1) is 0 Å². The van der Waals surface area contributed by atoms with Gasteiger partial charge in [-0.1, -0.05) is 48.5 Å². The van der Waals surface area contributed by atoms with Gasteiger partial charge in [0.05, 0.1) is 6.10 Å². The monoisotopic (exact) mass is 324 g/mol. The van der Waals surface area contributed by atoms with Crippen LogP contribution in [0.5, 0.6) is 0 Å². The number of likely N-dealkylation sites (N-methyl/N-ethyl adjacent to an activating group) is 1. The number of nitrogens with one attached hydrogen (secondary N) is 1. The van der Waals surface area contributed by atoms with Crippen LogP contribution < -0.4 is 5.32 Å². The number of ether oxygens (including phenoxy) is 1. The molecule has 0 aromatic heterocycles. The van der Waals surface area contributed by atoms with E-state index in [1.807, 2.05) is 43.4 Å². The van der Waals surface area contributed by atoms with E-state index in [-0.39, 0.29) is 12.1 Å². The molecule has 3 rings (SSSR count). The van der Waals surface area contributed by atoms with E-state index < -0.39 is 0 Å². The van der Waals surface area contributed by atoms with Crippen molar-refractivity contribution >= 4 is 11.7 Å². The smallest absolute Gasteiger partial charge is 0.321 e. The van der Waals surface area contributed by atoms with Crippen LogP contribution in [-0.4, -0.2) is 37.2 Å². The van der Waals surface area contributed by atoms with Crippen LogP contribution in [0.2, 0.25) is 0 Å². The Hall–Kier alpha value is -2.33. The fourth-order valence-electron chi connectivity index (χ4n) is 3.00. The summed E-state index contributed by atoms with van der Waals surface area (Å²) in [5.41, 5.74) is 3.21. The second kappa shape index (κ2) is 7.97. The molecular weight excluding hydrogens is 300 g/mol. The average Bonchev–Trinajstić information content (AvgIpc) is 3.10. The number of rotatable bonds is 5. The summed E-state index contributed by atoms with van der Waals surface area (Å²) in [6, 6.07) is 18.2. The number of urea groups is 1. The number of carbonyl (C=O) groups excluding carboxylic acids is 1. The first-order valence-electron chi connectivity index (χ1n) is 8.48. The Morgan fingerprint density at radius 2 is 1.92 bits per heavy atom. The minimum absolute atomic E-state index is 0.0917. The van der Waals surface area contributed by atoms with Crippen LogP contribution in [0.1, 0.15) is 24.0 Å². The Balaban J connectivity index is 1.64. The third-order valence-corrected chi connectivity index (χ3v) is 4.34. The number of hydrogen-bond acceptors (Lipinski definition) is 2. The summed E-state index contributed by atoms with van der Waals surface area (Å²) in [6.07, 6.45) is 3.08. The highest BCUT2D eigenvalue weighted by molar-refractivity contribution is 5.90. The first-order chi connectivity index (χ1) is 11.7. The highest BCUT2D eigenvalue weighted by Crippen LogP contribution is 2.20. The van der Waals surface area contributed by atoms with Gasteiger partial charge in [-0.15, -0.1) is 0 Å². The predicted molar refractivity (Wildman–Crippen MR) is 96.3 cm³/mol. The number of hydrogen-bond donors (Lipinski definition) is 1. The van der Waals surface area contributed by atoms with Crippen LogP contribution in [0.15, 0.2) is 54.6 Å². The van der Waals surface area contributed by atoms with Gasteiger partial charge in [-0.3, -0.25) is 0 Å². The first kappa shape index (κ1) is 16.5. The summed E-state index contributed by atoms with van der Waals surface area (Å²) in [4.78, 5) is 14.2. The largest absolute Gasteiger partial charge is 0.376 e. The highest BCUT2D eigenvalue weighted by atomic mass is 16.5. The molecule has 1 saturated heterocycles. The maximum absolute atomic E-state index is 12.5. The first-order valence-corrected chi connectivity index (χ1v) is 8.48. The Bertz CT molecular complexity index is 666. The molecule has 0 aliphatic carbocycles. The zero-order valence-corrected chi connectivity index (χ0v) is 14.1. The molecule has 0 saturated carbocycles. The Morgan fingerprint density at radius 3 is 2.67 bits per heavy atom. The van der Waals surface area contributed by atoms with Gasteiger partial charge in [0.2, 0.25) is 0 Å². The van der Waals surface area contributed by atoms with Crippen LogP contribution in [0.25, 0.3) is 0 Å². The molecule has 1 heterocycles. The number of para-hydroxylation sites is 1. The Kier molecular flexibility index (Phi) is 5.49. The van der Waals surface area contributed by atoms with Crippen molar-refractivity contribution in [2.75, 3.05) is 25.5 Å². The van der Waals surface area contributed by atoms with E-state index in [0.29, 0.717) is 6.54 Å². The lowest BCUT2D eigenvalue weighted by atomic mass is 10.0. The van der Waals surface area contributed by atoms with Crippen molar-refractivity contribution in [3.63, 3.8) is 0 Å². The average molecular weight is 324 g/mol. The van der Waals surface area contributed by atoms with Gasteiger partial charge in [-0.2, -0.15) is 0 Å². The van der Waals surface area contributed by atoms with Crippen molar-refractivity contribution in [1.82, 2.24) is 4.90 Å². The van der Waals surface area contributed by atoms with Gasteiger partial charge in [0.15, 0.2) is 0 Å². The van der Waals surface area contributed by atoms with E-state index >= 15 is 0 Å². The molecule has 2 aromatic carbocycles. The van der Waals surface area contributed by atoms with E-state index in [2.05, 4.69) is 23.5 Å². The molecule has 4 heteroatoms. The van der Waals surface area contributed by atoms with E-state index in [0.717, 1.165) is 37.1 Å². The van der Waals surface area contributed by atoms with Crippen LogP contribution in [0.3, 0.4) is 0 Å². The van der Waals surface area contributed by atoms with Crippen LogP contribution in [0.4, 0.5) is 10.5 Å². The lowest BCUT2D eigenvalue weighted by Crippen LogP contribution is -2.37. The number of nitrogens with zero attached hydrogens (tertiary/aromatic N) is 1. The number of amides is 2. The van der Waals surface area contributed by atoms with Gasteiger partial charge < -0.3 is 15.0 Å². The zero-order chi connectivity index (χ0) is 16.8. The van der Waals surface area contributed by atoms with E-state index in [1.54, 1.807) is 4.90 Å². The SMILES string of the molecule is CN(CC1CCCO1)C(=O)Nc1ccccc1Cc1ccccc1. The van der Waals surface area contributed by atoms with Gasteiger partial charge in [0.25, 0.3) is 0 Å². The molecule has 1 N–H and O–H groups in total. The maximum Gasteiger partial charge on any atom is 0.321 e. The van der Waals surface area contributed by atoms with Gasteiger partial charge >= 0.3 is 6.03 Å². The summed E-state index contributed by atoms with van der Waals surface area (Å²) in [6.45, 7) is 1.44. The summed E-state index contributed by atoms with van der Waals surface area (Å²) < 4.78 is 5.61. The van der Waals surface area contributed by atoms with Crippen LogP contribution in [-0.2, 0) is 11.2 Å². The maximum atomic E-state index is 12.5. The highest BCUT2D eigenvalue weighted by Gasteiger charge is 2.20. The minimum atomic E-state index is -0.0917. The summed E-state index contributed by atoms with van der Waals surface area (Å²) >= 11 is 0. The zero-order valence-electron chi connectivity index (χ0n) is 14.1. The third kappa shape index (κ3) is 4.36. The minimum Gasteiger partial charge on any atom is -0.376 e. The van der Waals surface area contributed by atoms with Crippen molar-refractivity contribution in [1.29, 1.82) is 0 Å². The molecule has 2 amide bonds. The lowest BCUT2D eigenvalue weighted by molar-refractivity contribution is 0.0894.